The lowest BCUT2D eigenvalue weighted by Gasteiger charge is -2.23. The molecular formula is C17H19ClN2O. The fourth-order valence-electron chi connectivity index (χ4n) is 2.11. The molecule has 0 aliphatic carbocycles. The standard InChI is InChI=1S/C17H19ClN2O/c18-16-9-7-15(8-10-16)17(21)20(12-4-11-19)13-14-5-2-1-3-6-14/h1-3,5-10H,4,11-13,19H2. The zero-order valence-electron chi connectivity index (χ0n) is 11.8. The number of benzene rings is 2. The van der Waals surface area contributed by atoms with Gasteiger partial charge >= 0.3 is 0 Å². The summed E-state index contributed by atoms with van der Waals surface area (Å²) in [6.45, 7) is 1.80. The molecule has 0 saturated heterocycles. The Kier molecular flexibility index (Phi) is 5.78. The minimum absolute atomic E-state index is 0.00368. The number of amides is 1. The molecule has 0 aliphatic heterocycles. The van der Waals surface area contributed by atoms with Crippen molar-refractivity contribution in [3.8, 4) is 0 Å². The maximum Gasteiger partial charge on any atom is 0.254 e. The van der Waals surface area contributed by atoms with E-state index < -0.39 is 0 Å². The summed E-state index contributed by atoms with van der Waals surface area (Å²) in [4.78, 5) is 14.4. The fraction of sp³-hybridized carbons (Fsp3) is 0.235. The summed E-state index contributed by atoms with van der Waals surface area (Å²) in [6, 6.07) is 16.9. The highest BCUT2D eigenvalue weighted by molar-refractivity contribution is 6.30. The first-order chi connectivity index (χ1) is 10.2. The minimum Gasteiger partial charge on any atom is -0.334 e. The van der Waals surface area contributed by atoms with Crippen LogP contribution in [0.3, 0.4) is 0 Å². The number of nitrogens with two attached hydrogens (primary N) is 1. The zero-order chi connectivity index (χ0) is 15.1. The average Bonchev–Trinajstić information content (AvgIpc) is 2.52. The molecule has 110 valence electrons. The van der Waals surface area contributed by atoms with Gasteiger partial charge in [-0.25, -0.2) is 0 Å². The van der Waals surface area contributed by atoms with Crippen molar-refractivity contribution in [2.45, 2.75) is 13.0 Å². The summed E-state index contributed by atoms with van der Waals surface area (Å²) in [6.07, 6.45) is 0.784. The van der Waals surface area contributed by atoms with Gasteiger partial charge in [0, 0.05) is 23.7 Å². The Morgan fingerprint density at radius 3 is 2.33 bits per heavy atom. The SMILES string of the molecule is NCCCN(Cc1ccccc1)C(=O)c1ccc(Cl)cc1. The van der Waals surface area contributed by atoms with Gasteiger partial charge in [-0.15, -0.1) is 0 Å². The van der Waals surface area contributed by atoms with E-state index in [2.05, 4.69) is 0 Å². The monoisotopic (exact) mass is 302 g/mol. The quantitative estimate of drug-likeness (QED) is 0.889. The number of halogens is 1. The Balaban J connectivity index is 2.14. The molecule has 0 radical (unpaired) electrons. The van der Waals surface area contributed by atoms with Crippen molar-refractivity contribution in [3.63, 3.8) is 0 Å². The summed E-state index contributed by atoms with van der Waals surface area (Å²) in [5.74, 6) is 0.00368. The second-order valence-corrected chi connectivity index (χ2v) is 5.30. The van der Waals surface area contributed by atoms with Gasteiger partial charge in [0.15, 0.2) is 0 Å². The average molecular weight is 303 g/mol. The largest absolute Gasteiger partial charge is 0.334 e. The number of carbonyl (C=O) groups excluding carboxylic acids is 1. The maximum absolute atomic E-state index is 12.6. The van der Waals surface area contributed by atoms with Crippen LogP contribution in [0.2, 0.25) is 5.02 Å². The molecule has 0 bridgehead atoms. The second kappa shape index (κ2) is 7.81. The highest BCUT2D eigenvalue weighted by Crippen LogP contribution is 2.14. The highest BCUT2D eigenvalue weighted by atomic mass is 35.5. The van der Waals surface area contributed by atoms with Crippen LogP contribution in [0.1, 0.15) is 22.3 Å². The molecule has 2 N–H and O–H groups in total. The van der Waals surface area contributed by atoms with Gasteiger partial charge in [0.1, 0.15) is 0 Å². The van der Waals surface area contributed by atoms with Crippen molar-refractivity contribution in [2.75, 3.05) is 13.1 Å². The molecule has 0 aromatic heterocycles. The molecule has 0 spiro atoms. The van der Waals surface area contributed by atoms with Crippen molar-refractivity contribution in [1.29, 1.82) is 0 Å². The molecular weight excluding hydrogens is 284 g/mol. The lowest BCUT2D eigenvalue weighted by molar-refractivity contribution is 0.0742. The van der Waals surface area contributed by atoms with E-state index in [1.54, 1.807) is 24.3 Å². The first-order valence-electron chi connectivity index (χ1n) is 6.99. The smallest absolute Gasteiger partial charge is 0.254 e. The molecule has 0 atom stereocenters. The van der Waals surface area contributed by atoms with Gasteiger partial charge in [0.25, 0.3) is 5.91 Å². The van der Waals surface area contributed by atoms with Gasteiger partial charge in [-0.3, -0.25) is 4.79 Å². The van der Waals surface area contributed by atoms with E-state index in [1.165, 1.54) is 0 Å². The van der Waals surface area contributed by atoms with E-state index in [9.17, 15) is 4.79 Å². The van der Waals surface area contributed by atoms with Crippen LogP contribution < -0.4 is 5.73 Å². The van der Waals surface area contributed by atoms with Crippen LogP contribution in [0.4, 0.5) is 0 Å². The molecule has 2 rings (SSSR count). The number of carbonyl (C=O) groups is 1. The summed E-state index contributed by atoms with van der Waals surface area (Å²) in [7, 11) is 0. The third-order valence-corrected chi connectivity index (χ3v) is 3.48. The van der Waals surface area contributed by atoms with E-state index >= 15 is 0 Å². The first kappa shape index (κ1) is 15.5. The number of nitrogens with zero attached hydrogens (tertiary/aromatic N) is 1. The number of rotatable bonds is 6. The molecule has 3 nitrogen and oxygen atoms in total. The minimum atomic E-state index is 0.00368. The zero-order valence-corrected chi connectivity index (χ0v) is 12.6. The Bertz CT molecular complexity index is 569. The number of hydrogen-bond donors (Lipinski definition) is 1. The van der Waals surface area contributed by atoms with Crippen molar-refractivity contribution >= 4 is 17.5 Å². The van der Waals surface area contributed by atoms with Crippen LogP contribution in [-0.2, 0) is 6.54 Å². The first-order valence-corrected chi connectivity index (χ1v) is 7.37. The van der Waals surface area contributed by atoms with Gasteiger partial charge < -0.3 is 10.6 Å². The normalized spacial score (nSPS) is 10.4. The maximum atomic E-state index is 12.6. The Morgan fingerprint density at radius 2 is 1.71 bits per heavy atom. The molecule has 0 unspecified atom stereocenters. The molecule has 21 heavy (non-hydrogen) atoms. The molecule has 2 aromatic carbocycles. The van der Waals surface area contributed by atoms with Gasteiger partial charge in [-0.1, -0.05) is 41.9 Å². The van der Waals surface area contributed by atoms with Gasteiger partial charge in [0.2, 0.25) is 0 Å². The summed E-state index contributed by atoms with van der Waals surface area (Å²) in [5, 5.41) is 0.628. The topological polar surface area (TPSA) is 46.3 Å². The van der Waals surface area contributed by atoms with Crippen molar-refractivity contribution in [2.24, 2.45) is 5.73 Å². The molecule has 4 heteroatoms. The lowest BCUT2D eigenvalue weighted by atomic mass is 10.1. The fourth-order valence-corrected chi connectivity index (χ4v) is 2.24. The molecule has 0 heterocycles. The van der Waals surface area contributed by atoms with E-state index in [-0.39, 0.29) is 5.91 Å². The third-order valence-electron chi connectivity index (χ3n) is 3.23. The Hall–Kier alpha value is -1.84. The van der Waals surface area contributed by atoms with Crippen LogP contribution >= 0.6 is 11.6 Å². The molecule has 2 aromatic rings. The highest BCUT2D eigenvalue weighted by Gasteiger charge is 2.15. The van der Waals surface area contributed by atoms with Gasteiger partial charge in [0.05, 0.1) is 0 Å². The Labute approximate surface area is 130 Å². The molecule has 0 saturated carbocycles. The summed E-state index contributed by atoms with van der Waals surface area (Å²) >= 11 is 5.87. The van der Waals surface area contributed by atoms with E-state index in [0.29, 0.717) is 30.2 Å². The van der Waals surface area contributed by atoms with E-state index in [4.69, 9.17) is 17.3 Å². The van der Waals surface area contributed by atoms with Crippen LogP contribution in [0.25, 0.3) is 0 Å². The predicted octanol–water partition coefficient (Wildman–Crippen LogP) is 3.33. The predicted molar refractivity (Wildman–Crippen MR) is 86.3 cm³/mol. The van der Waals surface area contributed by atoms with Crippen molar-refractivity contribution in [3.05, 3.63) is 70.7 Å². The number of hydrogen-bond acceptors (Lipinski definition) is 2. The van der Waals surface area contributed by atoms with E-state index in [1.807, 2.05) is 35.2 Å². The van der Waals surface area contributed by atoms with Crippen molar-refractivity contribution in [1.82, 2.24) is 4.90 Å². The molecule has 0 aliphatic rings. The second-order valence-electron chi connectivity index (χ2n) is 4.86. The van der Waals surface area contributed by atoms with Crippen LogP contribution in [-0.4, -0.2) is 23.9 Å². The summed E-state index contributed by atoms with van der Waals surface area (Å²) < 4.78 is 0. The van der Waals surface area contributed by atoms with Gasteiger partial charge in [-0.05, 0) is 42.8 Å². The Morgan fingerprint density at radius 1 is 1.05 bits per heavy atom. The van der Waals surface area contributed by atoms with Gasteiger partial charge in [-0.2, -0.15) is 0 Å². The lowest BCUT2D eigenvalue weighted by Crippen LogP contribution is -2.32. The molecule has 0 fully saturated rings. The third kappa shape index (κ3) is 4.59. The van der Waals surface area contributed by atoms with Crippen LogP contribution in [0, 0.1) is 0 Å². The van der Waals surface area contributed by atoms with Crippen LogP contribution in [0.5, 0.6) is 0 Å². The van der Waals surface area contributed by atoms with Crippen LogP contribution in [0.15, 0.2) is 54.6 Å². The molecule has 1 amide bonds. The van der Waals surface area contributed by atoms with E-state index in [0.717, 1.165) is 12.0 Å². The summed E-state index contributed by atoms with van der Waals surface area (Å²) in [5.41, 5.74) is 7.33. The van der Waals surface area contributed by atoms with Crippen molar-refractivity contribution < 1.29 is 4.79 Å².